The van der Waals surface area contributed by atoms with Gasteiger partial charge in [-0.1, -0.05) is 42.5 Å². The minimum absolute atomic E-state index is 0.413. The van der Waals surface area contributed by atoms with Crippen molar-refractivity contribution in [2.24, 2.45) is 7.05 Å². The Bertz CT molecular complexity index is 1850. The van der Waals surface area contributed by atoms with Gasteiger partial charge in [0.25, 0.3) is 0 Å². The summed E-state index contributed by atoms with van der Waals surface area (Å²) in [6.07, 6.45) is 1.76. The maximum Gasteiger partial charge on any atom is 0.233 e. The summed E-state index contributed by atoms with van der Waals surface area (Å²) in [5.74, 6) is 2.46. The Morgan fingerprint density at radius 1 is 0.811 bits per heavy atom. The second kappa shape index (κ2) is 8.45. The van der Waals surface area contributed by atoms with Crippen LogP contribution < -0.4 is 10.6 Å². The van der Waals surface area contributed by atoms with E-state index in [9.17, 15) is 0 Å². The number of aromatic nitrogens is 8. The first-order chi connectivity index (χ1) is 18.2. The van der Waals surface area contributed by atoms with Crippen LogP contribution in [0.25, 0.3) is 38.9 Å². The van der Waals surface area contributed by atoms with Gasteiger partial charge in [0.15, 0.2) is 17.0 Å². The highest BCUT2D eigenvalue weighted by Crippen LogP contribution is 2.26. The van der Waals surface area contributed by atoms with Gasteiger partial charge in [-0.05, 0) is 36.4 Å². The normalized spacial score (nSPS) is 11.5. The number of para-hydroxylation sites is 5. The largest absolute Gasteiger partial charge is 0.361 e. The van der Waals surface area contributed by atoms with Gasteiger partial charge in [-0.3, -0.25) is 9.88 Å². The number of nitrogens with zero attached hydrogens (tertiary/aromatic N) is 7. The lowest BCUT2D eigenvalue weighted by Gasteiger charge is -2.10. The van der Waals surface area contributed by atoms with Crippen molar-refractivity contribution in [3.8, 4) is 5.69 Å². The fourth-order valence-electron chi connectivity index (χ4n) is 4.47. The Kier molecular flexibility index (Phi) is 4.81. The molecule has 0 fully saturated rings. The number of aryl methyl sites for hydroxylation is 1. The summed E-state index contributed by atoms with van der Waals surface area (Å²) < 4.78 is 3.93. The topological polar surface area (TPSA) is 114 Å². The molecule has 4 aromatic heterocycles. The molecule has 37 heavy (non-hydrogen) atoms. The van der Waals surface area contributed by atoms with Crippen LogP contribution in [0.5, 0.6) is 0 Å². The lowest BCUT2D eigenvalue weighted by molar-refractivity contribution is 0.948. The number of nitrogens with one attached hydrogen (secondary N) is 3. The summed E-state index contributed by atoms with van der Waals surface area (Å²) in [5, 5.41) is 6.72. The SMILES string of the molecule is Cn1c(Nc2nc(NCc3nc4ccccc4[nH]3)c3ncn(-c4ccccc4)c3n2)nc2ccccc21. The van der Waals surface area contributed by atoms with E-state index >= 15 is 0 Å². The molecule has 0 spiro atoms. The quantitative estimate of drug-likeness (QED) is 0.305. The number of fused-ring (bicyclic) bond motifs is 3. The Hall–Kier alpha value is -5.25. The molecule has 0 radical (unpaired) electrons. The van der Waals surface area contributed by atoms with Gasteiger partial charge in [0.2, 0.25) is 11.9 Å². The summed E-state index contributed by atoms with van der Waals surface area (Å²) in [4.78, 5) is 27.0. The number of anilines is 3. The van der Waals surface area contributed by atoms with Gasteiger partial charge in [-0.15, -0.1) is 0 Å². The monoisotopic (exact) mass is 486 g/mol. The van der Waals surface area contributed by atoms with Gasteiger partial charge < -0.3 is 14.9 Å². The predicted octanol–water partition coefficient (Wildman–Crippen LogP) is 4.93. The van der Waals surface area contributed by atoms with E-state index in [-0.39, 0.29) is 0 Å². The van der Waals surface area contributed by atoms with Crippen LogP contribution in [0, 0.1) is 0 Å². The number of aromatic amines is 1. The third kappa shape index (κ3) is 3.71. The van der Waals surface area contributed by atoms with Crippen molar-refractivity contribution in [1.82, 2.24) is 39.0 Å². The van der Waals surface area contributed by atoms with Crippen LogP contribution >= 0.6 is 0 Å². The average molecular weight is 487 g/mol. The van der Waals surface area contributed by atoms with E-state index in [1.165, 1.54) is 0 Å². The Morgan fingerprint density at radius 2 is 1.59 bits per heavy atom. The van der Waals surface area contributed by atoms with E-state index in [0.29, 0.717) is 35.4 Å². The van der Waals surface area contributed by atoms with Crippen LogP contribution in [-0.2, 0) is 13.6 Å². The molecule has 0 aliphatic heterocycles. The van der Waals surface area contributed by atoms with E-state index in [1.807, 2.05) is 95.0 Å². The van der Waals surface area contributed by atoms with Gasteiger partial charge in [-0.2, -0.15) is 9.97 Å². The highest BCUT2D eigenvalue weighted by Gasteiger charge is 2.17. The lowest BCUT2D eigenvalue weighted by atomic mass is 10.3. The number of hydrogen-bond donors (Lipinski definition) is 3. The van der Waals surface area contributed by atoms with Crippen LogP contribution in [0.4, 0.5) is 17.7 Å². The Labute approximate surface area is 211 Å². The zero-order valence-corrected chi connectivity index (χ0v) is 19.9. The molecule has 3 aromatic carbocycles. The molecule has 10 nitrogen and oxygen atoms in total. The molecule has 7 rings (SSSR count). The summed E-state index contributed by atoms with van der Waals surface area (Å²) in [6.45, 7) is 0.449. The first-order valence-corrected chi connectivity index (χ1v) is 11.9. The molecule has 4 heterocycles. The molecule has 180 valence electrons. The Balaban J connectivity index is 1.30. The molecular weight excluding hydrogens is 464 g/mol. The van der Waals surface area contributed by atoms with Gasteiger partial charge in [0.1, 0.15) is 12.2 Å². The van der Waals surface area contributed by atoms with Gasteiger partial charge in [0.05, 0.1) is 28.6 Å². The summed E-state index contributed by atoms with van der Waals surface area (Å²) in [6, 6.07) is 25.9. The van der Waals surface area contributed by atoms with E-state index in [0.717, 1.165) is 33.6 Å². The molecule has 0 saturated carbocycles. The molecule has 0 aliphatic rings. The first-order valence-electron chi connectivity index (χ1n) is 11.9. The van der Waals surface area contributed by atoms with Crippen molar-refractivity contribution in [2.75, 3.05) is 10.6 Å². The van der Waals surface area contributed by atoms with Crippen LogP contribution in [-0.4, -0.2) is 39.0 Å². The van der Waals surface area contributed by atoms with Crippen LogP contribution in [0.1, 0.15) is 5.82 Å². The van der Waals surface area contributed by atoms with Crippen molar-refractivity contribution in [3.05, 3.63) is 91.0 Å². The average Bonchev–Trinajstić information content (AvgIpc) is 3.63. The second-order valence-corrected chi connectivity index (χ2v) is 8.68. The molecule has 0 unspecified atom stereocenters. The number of imidazole rings is 3. The van der Waals surface area contributed by atoms with Crippen molar-refractivity contribution in [1.29, 1.82) is 0 Å². The molecule has 0 bridgehead atoms. The molecule has 10 heteroatoms. The number of hydrogen-bond acceptors (Lipinski definition) is 7. The lowest BCUT2D eigenvalue weighted by Crippen LogP contribution is -2.09. The number of benzene rings is 3. The zero-order chi connectivity index (χ0) is 24.8. The highest BCUT2D eigenvalue weighted by atomic mass is 15.3. The maximum atomic E-state index is 4.83. The van der Waals surface area contributed by atoms with Crippen molar-refractivity contribution < 1.29 is 0 Å². The molecular formula is C27H22N10. The number of rotatable bonds is 6. The first kappa shape index (κ1) is 21.1. The van der Waals surface area contributed by atoms with Crippen LogP contribution in [0.3, 0.4) is 0 Å². The van der Waals surface area contributed by atoms with Crippen molar-refractivity contribution in [2.45, 2.75) is 6.54 Å². The highest BCUT2D eigenvalue weighted by molar-refractivity contribution is 5.86. The zero-order valence-electron chi connectivity index (χ0n) is 19.9. The van der Waals surface area contributed by atoms with E-state index < -0.39 is 0 Å². The standard InChI is InChI=1S/C27H22N10/c1-36-21-14-8-7-13-20(21)32-27(36)35-26-33-24(28-15-22-30-18-11-5-6-12-19(18)31-22)23-25(34-26)37(16-29-23)17-9-3-2-4-10-17/h2-14,16H,15H2,1H3,(H,30,31)(H2,28,32,33,34,35). The molecule has 0 aliphatic carbocycles. The predicted molar refractivity (Wildman–Crippen MR) is 144 cm³/mol. The summed E-state index contributed by atoms with van der Waals surface area (Å²) in [5.41, 5.74) is 6.12. The minimum atomic E-state index is 0.413. The molecule has 0 atom stereocenters. The van der Waals surface area contributed by atoms with Crippen LogP contribution in [0.2, 0.25) is 0 Å². The van der Waals surface area contributed by atoms with Gasteiger partial charge in [-0.25, -0.2) is 15.0 Å². The fraction of sp³-hybridized carbons (Fsp3) is 0.0741. The molecule has 3 N–H and O–H groups in total. The van der Waals surface area contributed by atoms with E-state index in [2.05, 4.69) is 25.6 Å². The number of H-pyrrole nitrogens is 1. The summed E-state index contributed by atoms with van der Waals surface area (Å²) >= 11 is 0. The van der Waals surface area contributed by atoms with E-state index in [4.69, 9.17) is 15.0 Å². The third-order valence-electron chi connectivity index (χ3n) is 6.30. The Morgan fingerprint density at radius 3 is 2.43 bits per heavy atom. The van der Waals surface area contributed by atoms with Crippen molar-refractivity contribution >= 4 is 50.9 Å². The molecule has 0 amide bonds. The maximum absolute atomic E-state index is 4.83. The van der Waals surface area contributed by atoms with Gasteiger partial charge >= 0.3 is 0 Å². The fourth-order valence-corrected chi connectivity index (χ4v) is 4.47. The van der Waals surface area contributed by atoms with E-state index in [1.54, 1.807) is 6.33 Å². The van der Waals surface area contributed by atoms with Crippen LogP contribution in [0.15, 0.2) is 85.2 Å². The summed E-state index contributed by atoms with van der Waals surface area (Å²) in [7, 11) is 1.96. The smallest absolute Gasteiger partial charge is 0.233 e. The third-order valence-corrected chi connectivity index (χ3v) is 6.30. The second-order valence-electron chi connectivity index (χ2n) is 8.68. The van der Waals surface area contributed by atoms with Gasteiger partial charge in [0, 0.05) is 12.7 Å². The van der Waals surface area contributed by atoms with Crippen molar-refractivity contribution in [3.63, 3.8) is 0 Å². The molecule has 7 aromatic rings. The molecule has 0 saturated heterocycles. The minimum Gasteiger partial charge on any atom is -0.361 e.